The van der Waals surface area contributed by atoms with E-state index in [2.05, 4.69) is 4.98 Å². The molecule has 6 heteroatoms. The number of hydrogen-bond acceptors (Lipinski definition) is 0. The van der Waals surface area contributed by atoms with Crippen molar-refractivity contribution in [3.63, 3.8) is 0 Å². The number of nitrogens with one attached hydrogen (secondary N) is 1. The number of aromatic amines is 1. The zero-order valence-corrected chi connectivity index (χ0v) is 4.90. The van der Waals surface area contributed by atoms with Gasteiger partial charge in [0, 0.05) is 12.4 Å². The molecule has 0 radical (unpaired) electrons. The van der Waals surface area contributed by atoms with Gasteiger partial charge in [-0.3, -0.25) is 0 Å². The van der Waals surface area contributed by atoms with Gasteiger partial charge in [-0.2, -0.15) is 0 Å². The molecule has 0 aliphatic heterocycles. The van der Waals surface area contributed by atoms with E-state index in [1.807, 2.05) is 24.5 Å². The summed E-state index contributed by atoms with van der Waals surface area (Å²) in [5.41, 5.74) is 0. The summed E-state index contributed by atoms with van der Waals surface area (Å²) in [6, 6.07) is 3.89. The third-order valence-electron chi connectivity index (χ3n) is 0.496. The molecule has 0 aliphatic carbocycles. The highest BCUT2D eigenvalue weighted by molar-refractivity contribution is 6.50. The molecular weight excluding hydrogens is 161 g/mol. The molecule has 0 aliphatic rings. The molecule has 1 aromatic heterocycles. The molecule has 1 aromatic rings. The van der Waals surface area contributed by atoms with Gasteiger partial charge in [0.2, 0.25) is 0 Å². The summed E-state index contributed by atoms with van der Waals surface area (Å²) in [4.78, 5) is 2.86. The Morgan fingerprint density at radius 2 is 1.18 bits per heavy atom. The Balaban J connectivity index is 0. The van der Waals surface area contributed by atoms with Crippen molar-refractivity contribution in [3.8, 4) is 0 Å². The number of hydrogen-bond donors (Lipinski definition) is 1. The van der Waals surface area contributed by atoms with E-state index in [1.165, 1.54) is 0 Å². The van der Waals surface area contributed by atoms with Crippen molar-refractivity contribution in [2.75, 3.05) is 0 Å². The van der Waals surface area contributed by atoms with Gasteiger partial charge in [0.25, 0.3) is 0 Å². The third kappa shape index (κ3) is 27.4. The second-order valence-electron chi connectivity index (χ2n) is 1.38. The van der Waals surface area contributed by atoms with Crippen molar-refractivity contribution in [1.82, 2.24) is 4.98 Å². The summed E-state index contributed by atoms with van der Waals surface area (Å²) in [6.45, 7) is 0. The van der Waals surface area contributed by atoms with Crippen LogP contribution in [0.4, 0.5) is 17.3 Å². The normalized spacial score (nSPS) is 9.09. The summed E-state index contributed by atoms with van der Waals surface area (Å²) in [6.07, 6.45) is 3.75. The lowest BCUT2D eigenvalue weighted by molar-refractivity contribution is 0.368. The van der Waals surface area contributed by atoms with Crippen molar-refractivity contribution in [2.24, 2.45) is 0 Å². The average Bonchev–Trinajstić information content (AvgIpc) is 2.07. The van der Waals surface area contributed by atoms with Gasteiger partial charge in [-0.15, -0.1) is 0 Å². The predicted octanol–water partition coefficient (Wildman–Crippen LogP) is 2.95. The van der Waals surface area contributed by atoms with Crippen LogP contribution in [0.5, 0.6) is 0 Å². The molecule has 0 atom stereocenters. The fourth-order valence-corrected chi connectivity index (χ4v) is 0.278. The smallest absolute Gasteiger partial charge is 0.418 e. The molecule has 66 valence electrons. The van der Waals surface area contributed by atoms with Crippen LogP contribution in [0.2, 0.25) is 0 Å². The molecule has 0 bridgehead atoms. The standard InChI is InChI=1S/C4H5N.CH4.BF4/c1-2-4-5-3-1;;2-1(3,4)5/h1-5H;1H4;/q;;-1. The van der Waals surface area contributed by atoms with Gasteiger partial charge < -0.3 is 22.2 Å². The van der Waals surface area contributed by atoms with E-state index < -0.39 is 7.25 Å². The molecule has 0 amide bonds. The Bertz CT molecular complexity index is 125. The minimum Gasteiger partial charge on any atom is -0.418 e. The molecule has 0 spiro atoms. The number of aromatic nitrogens is 1. The van der Waals surface area contributed by atoms with E-state index in [-0.39, 0.29) is 7.43 Å². The van der Waals surface area contributed by atoms with Crippen LogP contribution in [0.1, 0.15) is 7.43 Å². The molecule has 0 saturated heterocycles. The van der Waals surface area contributed by atoms with Gasteiger partial charge in [-0.1, -0.05) is 7.43 Å². The minimum atomic E-state index is -6.00. The lowest BCUT2D eigenvalue weighted by Gasteiger charge is -1.94. The highest BCUT2D eigenvalue weighted by atomic mass is 19.5. The van der Waals surface area contributed by atoms with Crippen molar-refractivity contribution in [3.05, 3.63) is 24.5 Å². The second kappa shape index (κ2) is 5.82. The summed E-state index contributed by atoms with van der Waals surface area (Å²) < 4.78 is 39.0. The molecule has 11 heavy (non-hydrogen) atoms. The van der Waals surface area contributed by atoms with Gasteiger partial charge in [0.1, 0.15) is 0 Å². The van der Waals surface area contributed by atoms with E-state index in [9.17, 15) is 17.3 Å². The van der Waals surface area contributed by atoms with Gasteiger partial charge >= 0.3 is 7.25 Å². The summed E-state index contributed by atoms with van der Waals surface area (Å²) in [5.74, 6) is 0. The van der Waals surface area contributed by atoms with Gasteiger partial charge in [-0.25, -0.2) is 0 Å². The highest BCUT2D eigenvalue weighted by Gasteiger charge is 2.20. The fourth-order valence-electron chi connectivity index (χ4n) is 0.278. The molecule has 1 nitrogen and oxygen atoms in total. The zero-order chi connectivity index (χ0) is 8.04. The van der Waals surface area contributed by atoms with Crippen LogP contribution in [-0.2, 0) is 0 Å². The first-order valence-corrected chi connectivity index (χ1v) is 2.45. The maximum Gasteiger partial charge on any atom is 0.673 e. The van der Waals surface area contributed by atoms with E-state index in [4.69, 9.17) is 0 Å². The lowest BCUT2D eigenvalue weighted by Crippen LogP contribution is -2.02. The molecule has 0 unspecified atom stereocenters. The first-order valence-electron chi connectivity index (χ1n) is 2.45. The van der Waals surface area contributed by atoms with E-state index >= 15 is 0 Å². The summed E-state index contributed by atoms with van der Waals surface area (Å²) in [5, 5.41) is 0. The largest absolute Gasteiger partial charge is 0.673 e. The molecule has 1 rings (SSSR count). The first-order chi connectivity index (χ1) is 4.50. The van der Waals surface area contributed by atoms with E-state index in [0.717, 1.165) is 0 Å². The molecular formula is C5H9BF4N-. The van der Waals surface area contributed by atoms with Crippen LogP contribution in [-0.4, -0.2) is 12.2 Å². The monoisotopic (exact) mass is 170 g/mol. The third-order valence-corrected chi connectivity index (χ3v) is 0.496. The van der Waals surface area contributed by atoms with E-state index in [0.29, 0.717) is 0 Å². The van der Waals surface area contributed by atoms with Crippen molar-refractivity contribution < 1.29 is 17.3 Å². The maximum absolute atomic E-state index is 9.75. The Labute approximate surface area is 62.5 Å². The minimum absolute atomic E-state index is 0. The van der Waals surface area contributed by atoms with Crippen LogP contribution < -0.4 is 0 Å². The average molecular weight is 170 g/mol. The Morgan fingerprint density at radius 3 is 1.27 bits per heavy atom. The van der Waals surface area contributed by atoms with Crippen molar-refractivity contribution in [1.29, 1.82) is 0 Å². The Kier molecular flexibility index (Phi) is 6.73. The van der Waals surface area contributed by atoms with Crippen molar-refractivity contribution >= 4 is 7.25 Å². The summed E-state index contributed by atoms with van der Waals surface area (Å²) >= 11 is 0. The predicted molar refractivity (Wildman–Crippen MR) is 37.7 cm³/mol. The lowest BCUT2D eigenvalue weighted by atomic mass is 10.3. The quantitative estimate of drug-likeness (QED) is 0.455. The van der Waals surface area contributed by atoms with Crippen LogP contribution in [0.15, 0.2) is 24.5 Å². The van der Waals surface area contributed by atoms with Crippen LogP contribution in [0.25, 0.3) is 0 Å². The number of H-pyrrole nitrogens is 1. The van der Waals surface area contributed by atoms with Crippen LogP contribution in [0.3, 0.4) is 0 Å². The molecule has 0 aromatic carbocycles. The molecule has 1 heterocycles. The fraction of sp³-hybridized carbons (Fsp3) is 0.200. The van der Waals surface area contributed by atoms with Crippen LogP contribution in [0, 0.1) is 0 Å². The van der Waals surface area contributed by atoms with Gasteiger partial charge in [0.15, 0.2) is 0 Å². The van der Waals surface area contributed by atoms with Crippen molar-refractivity contribution in [2.45, 2.75) is 7.43 Å². The topological polar surface area (TPSA) is 15.8 Å². The van der Waals surface area contributed by atoms with Gasteiger partial charge in [0.05, 0.1) is 0 Å². The van der Waals surface area contributed by atoms with Crippen LogP contribution >= 0.6 is 0 Å². The number of rotatable bonds is 0. The SMILES string of the molecule is C.F[B-](F)(F)F.c1cc[nH]c1. The second-order valence-corrected chi connectivity index (χ2v) is 1.38. The van der Waals surface area contributed by atoms with E-state index in [1.54, 1.807) is 0 Å². The zero-order valence-electron chi connectivity index (χ0n) is 4.90. The maximum atomic E-state index is 9.75. The summed E-state index contributed by atoms with van der Waals surface area (Å²) in [7, 11) is -6.00. The Morgan fingerprint density at radius 1 is 0.909 bits per heavy atom. The molecule has 0 fully saturated rings. The molecule has 1 N–H and O–H groups in total. The van der Waals surface area contributed by atoms with Gasteiger partial charge in [-0.05, 0) is 12.1 Å². The first kappa shape index (κ1) is 12.7. The number of halogens is 4. The molecule has 0 saturated carbocycles. The Hall–Kier alpha value is -0.935. The highest BCUT2D eigenvalue weighted by Crippen LogP contribution is 2.06.